The molecule has 0 spiro atoms. The summed E-state index contributed by atoms with van der Waals surface area (Å²) in [7, 11) is 2.04. The molecule has 55 heavy (non-hydrogen) atoms. The van der Waals surface area contributed by atoms with Crippen molar-refractivity contribution in [3.05, 3.63) is 45.9 Å². The number of phenols is 2. The molecule has 3 fully saturated rings. The zero-order valence-corrected chi connectivity index (χ0v) is 32.0. The molecule has 1 aromatic heterocycles. The first-order valence-electron chi connectivity index (χ1n) is 17.6. The van der Waals surface area contributed by atoms with E-state index in [0.29, 0.717) is 35.5 Å². The lowest BCUT2D eigenvalue weighted by atomic mass is 9.83. The number of rotatable bonds is 14. The van der Waals surface area contributed by atoms with Crippen LogP contribution in [0.2, 0.25) is 0 Å². The number of thiazole rings is 1. The van der Waals surface area contributed by atoms with Gasteiger partial charge >= 0.3 is 11.9 Å². The number of aliphatic carboxylic acids is 2. The molecule has 6 rings (SSSR count). The number of thioether (sulfide) groups is 1. The Bertz CT molecular complexity index is 2030. The van der Waals surface area contributed by atoms with E-state index in [1.165, 1.54) is 35.9 Å². The first-order valence-corrected chi connectivity index (χ1v) is 19.4. The number of anilines is 1. The highest BCUT2D eigenvalue weighted by atomic mass is 32.2. The van der Waals surface area contributed by atoms with Gasteiger partial charge in [-0.1, -0.05) is 5.16 Å². The Hall–Kier alpha value is -4.88. The average molecular weight is 803 g/mol. The van der Waals surface area contributed by atoms with Crippen molar-refractivity contribution in [2.45, 2.75) is 87.6 Å². The molecule has 3 saturated heterocycles. The number of carboxylic acid groups (broad SMARTS) is 2. The molecular formula is C36H41FN5O11S2+. The van der Waals surface area contributed by atoms with Crippen LogP contribution in [0.3, 0.4) is 0 Å². The van der Waals surface area contributed by atoms with Gasteiger partial charge in [0.1, 0.15) is 17.9 Å². The molecule has 0 saturated carbocycles. The van der Waals surface area contributed by atoms with Crippen LogP contribution in [0.15, 0.2) is 33.9 Å². The number of hydrogen-bond acceptors (Lipinski definition) is 14. The number of carboxylic acids is 2. The number of quaternary nitrogens is 1. The van der Waals surface area contributed by atoms with Crippen molar-refractivity contribution in [1.82, 2.24) is 9.88 Å². The summed E-state index contributed by atoms with van der Waals surface area (Å²) in [5.74, 6) is -9.63. The number of oxime groups is 1. The monoisotopic (exact) mass is 802 g/mol. The molecule has 4 aliphatic rings. The summed E-state index contributed by atoms with van der Waals surface area (Å²) in [4.78, 5) is 88.2. The number of halogens is 1. The van der Waals surface area contributed by atoms with Crippen LogP contribution in [0.25, 0.3) is 0 Å². The maximum atomic E-state index is 13.9. The number of ketones is 3. The van der Waals surface area contributed by atoms with Crippen molar-refractivity contribution in [2.75, 3.05) is 19.3 Å². The molecule has 19 heteroatoms. The number of hydrogen-bond donors (Lipinski definition) is 5. The van der Waals surface area contributed by atoms with Crippen LogP contribution in [-0.4, -0.2) is 118 Å². The number of aromatic hydroxyl groups is 2. The summed E-state index contributed by atoms with van der Waals surface area (Å²) in [5, 5.41) is 43.5. The average Bonchev–Trinajstić information content (AvgIpc) is 3.58. The number of aromatic nitrogens is 1. The summed E-state index contributed by atoms with van der Waals surface area (Å²) in [6.45, 7) is 4.69. The predicted molar refractivity (Wildman–Crippen MR) is 196 cm³/mol. The van der Waals surface area contributed by atoms with Gasteiger partial charge in [-0.2, -0.15) is 0 Å². The van der Waals surface area contributed by atoms with E-state index in [4.69, 9.17) is 10.6 Å². The van der Waals surface area contributed by atoms with Crippen molar-refractivity contribution in [1.29, 1.82) is 0 Å². The summed E-state index contributed by atoms with van der Waals surface area (Å²) < 4.78 is 14.4. The molecule has 2 aromatic rings. The Morgan fingerprint density at radius 2 is 1.75 bits per heavy atom. The number of amides is 1. The molecule has 0 radical (unpaired) electrons. The van der Waals surface area contributed by atoms with Crippen molar-refractivity contribution >= 4 is 69.1 Å². The van der Waals surface area contributed by atoms with E-state index >= 15 is 0 Å². The van der Waals surface area contributed by atoms with E-state index in [9.17, 15) is 53.6 Å². The van der Waals surface area contributed by atoms with Gasteiger partial charge in [0.2, 0.25) is 23.1 Å². The van der Waals surface area contributed by atoms with Gasteiger partial charge in [0.05, 0.1) is 30.4 Å². The number of nitrogens with zero attached hydrogens (tertiary/aromatic N) is 4. The number of carbonyl (C=O) groups is 6. The molecule has 4 aliphatic heterocycles. The van der Waals surface area contributed by atoms with Crippen LogP contribution in [0.5, 0.6) is 11.5 Å². The van der Waals surface area contributed by atoms with Crippen LogP contribution in [-0.2, 0) is 28.8 Å². The highest BCUT2D eigenvalue weighted by molar-refractivity contribution is 8.00. The predicted octanol–water partition coefficient (Wildman–Crippen LogP) is 3.31. The Balaban J connectivity index is 1.17. The number of benzene rings is 1. The maximum Gasteiger partial charge on any atom is 0.352 e. The van der Waals surface area contributed by atoms with Gasteiger partial charge in [-0.3, -0.25) is 24.1 Å². The molecule has 7 atom stereocenters. The standard InChI is InChI=1S/C36H40FN5O11S2/c1-15-21(13-42(4)18-5-6-19(42)8-16(7-18)9-25(44)29(46)17-10-22(37)30(47)26(45)11-17)28(33(49)50)41-31(48)20(32(41)55-15)12-24(43)27(23-14-54-35(38)39-23)40-53-36(2,3)34(51)52/h10-11,14-16,18-20,32H,5-9,12-13H2,1-4H3,(H5-,38,39,40,43,44,45,46,47,49,50,51,52)/p+1/t15-,16?,18-,19+,20+,32+,42?/m0/s1. The number of β-lactam (4-membered cyclic amide) rings is 1. The Labute approximate surface area is 322 Å². The van der Waals surface area contributed by atoms with Gasteiger partial charge in [-0.05, 0) is 38.8 Å². The number of piperidine rings is 1. The molecular weight excluding hydrogens is 762 g/mol. The van der Waals surface area contributed by atoms with Gasteiger partial charge in [-0.25, -0.2) is 19.0 Å². The topological polar surface area (TPSA) is 247 Å². The lowest BCUT2D eigenvalue weighted by Gasteiger charge is -2.53. The first kappa shape index (κ1) is 39.8. The van der Waals surface area contributed by atoms with Crippen LogP contribution >= 0.6 is 23.1 Å². The third kappa shape index (κ3) is 7.31. The normalized spacial score (nSPS) is 27.7. The second-order valence-electron chi connectivity index (χ2n) is 15.2. The minimum Gasteiger partial charge on any atom is -0.504 e. The smallest absolute Gasteiger partial charge is 0.352 e. The molecule has 0 aliphatic carbocycles. The van der Waals surface area contributed by atoms with Crippen LogP contribution in [0, 0.1) is 17.7 Å². The molecule has 16 nitrogen and oxygen atoms in total. The third-order valence-electron chi connectivity index (χ3n) is 11.3. The molecule has 5 heterocycles. The van der Waals surface area contributed by atoms with E-state index < -0.39 is 69.4 Å². The number of likely N-dealkylation sites (N-methyl/N-ethyl adjacent to an activating group) is 1. The fourth-order valence-corrected chi connectivity index (χ4v) is 10.2. The second kappa shape index (κ2) is 14.6. The van der Waals surface area contributed by atoms with Gasteiger partial charge in [0.25, 0.3) is 0 Å². The number of fused-ring (bicyclic) bond motifs is 3. The van der Waals surface area contributed by atoms with E-state index in [-0.39, 0.29) is 63.9 Å². The van der Waals surface area contributed by atoms with E-state index in [1.54, 1.807) is 0 Å². The molecule has 2 bridgehead atoms. The molecule has 294 valence electrons. The number of Topliss-reactive ketones (excluding diaryl/α,β-unsaturated/α-hetero) is 3. The lowest BCUT2D eigenvalue weighted by molar-refractivity contribution is -0.945. The van der Waals surface area contributed by atoms with Crippen LogP contribution in [0.4, 0.5) is 9.52 Å². The van der Waals surface area contributed by atoms with Gasteiger partial charge in [0.15, 0.2) is 33.9 Å². The Morgan fingerprint density at radius 1 is 1.09 bits per heavy atom. The second-order valence-corrected chi connectivity index (χ2v) is 17.6. The van der Waals surface area contributed by atoms with Gasteiger partial charge < -0.3 is 35.5 Å². The minimum absolute atomic E-state index is 0.0301. The highest BCUT2D eigenvalue weighted by Gasteiger charge is 2.58. The van der Waals surface area contributed by atoms with Crippen LogP contribution in [0.1, 0.15) is 75.3 Å². The zero-order valence-electron chi connectivity index (χ0n) is 30.4. The summed E-state index contributed by atoms with van der Waals surface area (Å²) >= 11 is 2.40. The number of nitrogens with two attached hydrogens (primary N) is 1. The summed E-state index contributed by atoms with van der Waals surface area (Å²) in [6, 6.07) is 1.63. The lowest BCUT2D eigenvalue weighted by Crippen LogP contribution is -2.64. The van der Waals surface area contributed by atoms with Crippen LogP contribution < -0.4 is 5.73 Å². The van der Waals surface area contributed by atoms with E-state index in [1.807, 2.05) is 14.0 Å². The molecule has 2 unspecified atom stereocenters. The molecule has 1 amide bonds. The van der Waals surface area contributed by atoms with Gasteiger partial charge in [0, 0.05) is 60.3 Å². The number of phenolic OH excluding ortho intramolecular Hbond substituents is 2. The largest absolute Gasteiger partial charge is 0.504 e. The van der Waals surface area contributed by atoms with Crippen molar-refractivity contribution in [3.8, 4) is 11.5 Å². The summed E-state index contributed by atoms with van der Waals surface area (Å²) in [6.07, 6.45) is 2.33. The van der Waals surface area contributed by atoms with Gasteiger partial charge in [-0.15, -0.1) is 23.1 Å². The minimum atomic E-state index is -1.78. The number of carbonyl (C=O) groups excluding carboxylic acids is 4. The first-order chi connectivity index (χ1) is 25.7. The number of nitrogen functional groups attached to an aromatic ring is 1. The third-order valence-corrected chi connectivity index (χ3v) is 13.5. The fraction of sp³-hybridized carbons (Fsp3) is 0.500. The van der Waals surface area contributed by atoms with Crippen molar-refractivity contribution < 1.29 is 62.9 Å². The fourth-order valence-electron chi connectivity index (χ4n) is 8.20. The van der Waals surface area contributed by atoms with Crippen molar-refractivity contribution in [2.24, 2.45) is 17.0 Å². The van der Waals surface area contributed by atoms with E-state index in [2.05, 4.69) is 10.1 Å². The Kier molecular flexibility index (Phi) is 10.6. The molecule has 1 aromatic carbocycles. The quantitative estimate of drug-likeness (QED) is 0.0350. The van der Waals surface area contributed by atoms with E-state index in [0.717, 1.165) is 30.2 Å². The molecule has 6 N–H and O–H groups in total. The van der Waals surface area contributed by atoms with Crippen molar-refractivity contribution in [3.63, 3.8) is 0 Å². The SMILES string of the molecule is C[C@@H]1S[C@@H]2[C@H](CC(=O)/C(=N\OC(C)(C)C(=O)O)c3csc(N)n3)C(=O)N2C(C(=O)O)=C1C[N+]1(C)[C@@H]2CC[C@H]1CC(CC(=O)C(=O)c1cc(O)c(O)c(F)c1)C2. The Morgan fingerprint density at radius 3 is 2.31 bits per heavy atom. The highest BCUT2D eigenvalue weighted by Crippen LogP contribution is 2.51. The zero-order chi connectivity index (χ0) is 40.3. The maximum absolute atomic E-state index is 13.9. The summed E-state index contributed by atoms with van der Waals surface area (Å²) in [5.41, 5.74) is 3.82.